The molecule has 1 N–H and O–H groups in total. The van der Waals surface area contributed by atoms with Gasteiger partial charge in [0.05, 0.1) is 17.5 Å². The first-order valence-corrected chi connectivity index (χ1v) is 8.71. The summed E-state index contributed by atoms with van der Waals surface area (Å²) in [5.74, 6) is -1.11. The van der Waals surface area contributed by atoms with Gasteiger partial charge in [-0.15, -0.1) is 0 Å². The van der Waals surface area contributed by atoms with Crippen LogP contribution in [0.15, 0.2) is 24.4 Å². The van der Waals surface area contributed by atoms with Gasteiger partial charge in [0.2, 0.25) is 0 Å². The van der Waals surface area contributed by atoms with E-state index in [9.17, 15) is 27.1 Å². The van der Waals surface area contributed by atoms with Crippen molar-refractivity contribution in [1.29, 1.82) is 0 Å². The number of rotatable bonds is 3. The molecule has 0 bridgehead atoms. The number of hydrogen-bond donors (Lipinski definition) is 1. The molecule has 2 aromatic rings. The molecule has 1 saturated heterocycles. The highest BCUT2D eigenvalue weighted by Crippen LogP contribution is 2.45. The van der Waals surface area contributed by atoms with Crippen molar-refractivity contribution in [2.75, 3.05) is 6.54 Å². The number of epoxide rings is 1. The Morgan fingerprint density at radius 2 is 1.96 bits per heavy atom. The number of benzene rings is 1. The van der Waals surface area contributed by atoms with Crippen molar-refractivity contribution in [3.05, 3.63) is 41.7 Å². The lowest BCUT2D eigenvalue weighted by Gasteiger charge is -2.33. The van der Waals surface area contributed by atoms with Crippen molar-refractivity contribution in [3.63, 3.8) is 0 Å². The minimum atomic E-state index is -4.80. The number of fused-ring (bicyclic) bond motifs is 1. The van der Waals surface area contributed by atoms with E-state index in [0.29, 0.717) is 25.0 Å². The molecule has 5 nitrogen and oxygen atoms in total. The van der Waals surface area contributed by atoms with Gasteiger partial charge in [-0.1, -0.05) is 0 Å². The maximum atomic E-state index is 14.2. The fourth-order valence-corrected chi connectivity index (χ4v) is 3.72. The molecular weight excluding hydrogens is 385 g/mol. The molecule has 4 rings (SSSR count). The molecule has 0 amide bonds. The zero-order valence-corrected chi connectivity index (χ0v) is 15.0. The number of imidazole rings is 1. The van der Waals surface area contributed by atoms with Crippen LogP contribution in [-0.4, -0.2) is 50.2 Å². The van der Waals surface area contributed by atoms with Gasteiger partial charge in [0, 0.05) is 25.2 Å². The zero-order valence-electron chi connectivity index (χ0n) is 15.0. The number of nitrogens with zero attached hydrogens (tertiary/aromatic N) is 3. The van der Waals surface area contributed by atoms with Gasteiger partial charge in [-0.25, -0.2) is 13.8 Å². The molecule has 3 heterocycles. The van der Waals surface area contributed by atoms with Gasteiger partial charge in [0.25, 0.3) is 0 Å². The van der Waals surface area contributed by atoms with E-state index in [1.165, 1.54) is 12.3 Å². The monoisotopic (exact) mass is 403 g/mol. The van der Waals surface area contributed by atoms with Crippen molar-refractivity contribution in [2.45, 2.75) is 50.5 Å². The first-order valence-electron chi connectivity index (χ1n) is 8.71. The highest BCUT2D eigenvalue weighted by atomic mass is 19.4. The molecule has 0 radical (unpaired) electrons. The number of aromatic nitrogens is 2. The molecule has 152 valence electrons. The number of hydrogen-bond acceptors (Lipinski definition) is 4. The van der Waals surface area contributed by atoms with E-state index >= 15 is 0 Å². The van der Waals surface area contributed by atoms with Crippen molar-refractivity contribution in [2.24, 2.45) is 0 Å². The van der Waals surface area contributed by atoms with Crippen LogP contribution in [0.2, 0.25) is 0 Å². The minimum Gasteiger partial charge on any atom is -0.378 e. The van der Waals surface area contributed by atoms with Crippen LogP contribution in [-0.2, 0) is 11.3 Å². The predicted octanol–water partition coefficient (Wildman–Crippen LogP) is 3.24. The Hall–Kier alpha value is -2.04. The molecule has 10 heteroatoms. The van der Waals surface area contributed by atoms with Gasteiger partial charge >= 0.3 is 6.18 Å². The van der Waals surface area contributed by atoms with Crippen LogP contribution in [0.5, 0.6) is 0 Å². The summed E-state index contributed by atoms with van der Waals surface area (Å²) < 4.78 is 73.3. The van der Waals surface area contributed by atoms with Crippen LogP contribution in [0.3, 0.4) is 0 Å². The zero-order chi connectivity index (χ0) is 20.4. The Balaban J connectivity index is 1.58. The van der Waals surface area contributed by atoms with Gasteiger partial charge in [-0.2, -0.15) is 13.2 Å². The largest absolute Gasteiger partial charge is 0.419 e. The third-order valence-electron chi connectivity index (χ3n) is 5.31. The van der Waals surface area contributed by atoms with E-state index in [0.717, 1.165) is 12.1 Å². The summed E-state index contributed by atoms with van der Waals surface area (Å²) in [6.07, 6.45) is -5.53. The molecule has 28 heavy (non-hydrogen) atoms. The Labute approximate surface area is 157 Å². The summed E-state index contributed by atoms with van der Waals surface area (Å²) in [6.45, 7) is 3.08. The Morgan fingerprint density at radius 3 is 2.61 bits per heavy atom. The van der Waals surface area contributed by atoms with Crippen molar-refractivity contribution >= 4 is 0 Å². The van der Waals surface area contributed by atoms with Gasteiger partial charge in [0.15, 0.2) is 5.60 Å². The highest BCUT2D eigenvalue weighted by Gasteiger charge is 2.66. The molecule has 0 saturated carbocycles. The smallest absolute Gasteiger partial charge is 0.378 e. The molecule has 2 unspecified atom stereocenters. The summed E-state index contributed by atoms with van der Waals surface area (Å²) in [6, 6.07) is 2.98. The Bertz CT molecular complexity index is 911. The maximum absolute atomic E-state index is 14.2. The molecule has 1 aromatic heterocycles. The minimum absolute atomic E-state index is 0.147. The summed E-state index contributed by atoms with van der Waals surface area (Å²) >= 11 is 0. The molecular formula is C18H18F5N3O2. The second kappa shape index (κ2) is 6.23. The standard InChI is InChI=1S/C18H18F5N3O2/c1-9-7-25(16-14(28-16)17(2,27)18(21,22)23)8-11-6-24-15(26(9)11)12-4-3-10(19)5-13(12)20/h3-6,9,14,16,27H,7-8H2,1-2H3/t9-,14?,16?,17+/m0/s1. The number of alkyl halides is 3. The molecule has 0 aliphatic carbocycles. The fraction of sp³-hybridized carbons (Fsp3) is 0.500. The van der Waals surface area contributed by atoms with Gasteiger partial charge < -0.3 is 14.4 Å². The van der Waals surface area contributed by atoms with E-state index in [4.69, 9.17) is 4.74 Å². The molecule has 0 spiro atoms. The summed E-state index contributed by atoms with van der Waals surface area (Å²) in [7, 11) is 0. The van der Waals surface area contributed by atoms with E-state index in [2.05, 4.69) is 4.98 Å². The van der Waals surface area contributed by atoms with Crippen LogP contribution in [0.1, 0.15) is 25.6 Å². The summed E-state index contributed by atoms with van der Waals surface area (Å²) in [5.41, 5.74) is -2.13. The van der Waals surface area contributed by atoms with E-state index in [1.807, 2.05) is 6.92 Å². The first kappa shape index (κ1) is 19.3. The van der Waals surface area contributed by atoms with Crippen LogP contribution in [0.4, 0.5) is 22.0 Å². The molecule has 4 atom stereocenters. The van der Waals surface area contributed by atoms with Gasteiger partial charge in [0.1, 0.15) is 29.8 Å². The fourth-order valence-electron chi connectivity index (χ4n) is 3.72. The van der Waals surface area contributed by atoms with E-state index in [-0.39, 0.29) is 18.2 Å². The molecule has 2 aliphatic heterocycles. The lowest BCUT2D eigenvalue weighted by molar-refractivity contribution is -0.259. The number of ether oxygens (including phenoxy) is 1. The van der Waals surface area contributed by atoms with Crippen molar-refractivity contribution in [3.8, 4) is 11.4 Å². The quantitative estimate of drug-likeness (QED) is 0.632. The second-order valence-electron chi connectivity index (χ2n) is 7.44. The average molecular weight is 403 g/mol. The maximum Gasteiger partial charge on any atom is 0.419 e. The number of aliphatic hydroxyl groups is 1. The van der Waals surface area contributed by atoms with Crippen LogP contribution in [0, 0.1) is 11.6 Å². The van der Waals surface area contributed by atoms with E-state index in [1.54, 1.807) is 9.47 Å². The Kier molecular flexibility index (Phi) is 4.29. The SMILES string of the molecule is C[C@H]1CN(C2OC2[C@@](C)(O)C(F)(F)F)Cc2cnc(-c3ccc(F)cc3F)n21. The van der Waals surface area contributed by atoms with Crippen LogP contribution in [0.25, 0.3) is 11.4 Å². The first-order chi connectivity index (χ1) is 13.0. The lowest BCUT2D eigenvalue weighted by Crippen LogP contribution is -2.50. The average Bonchev–Trinajstić information content (AvgIpc) is 3.28. The molecule has 1 aromatic carbocycles. The second-order valence-corrected chi connectivity index (χ2v) is 7.44. The Morgan fingerprint density at radius 1 is 1.25 bits per heavy atom. The summed E-state index contributed by atoms with van der Waals surface area (Å²) in [5, 5.41) is 9.79. The summed E-state index contributed by atoms with van der Waals surface area (Å²) in [4.78, 5) is 5.93. The third-order valence-corrected chi connectivity index (χ3v) is 5.31. The lowest BCUT2D eigenvalue weighted by atomic mass is 10.0. The van der Waals surface area contributed by atoms with E-state index < -0.39 is 35.7 Å². The molecule has 2 aliphatic rings. The van der Waals surface area contributed by atoms with Gasteiger partial charge in [-0.3, -0.25) is 4.90 Å². The predicted molar refractivity (Wildman–Crippen MR) is 88.0 cm³/mol. The topological polar surface area (TPSA) is 53.8 Å². The van der Waals surface area contributed by atoms with Gasteiger partial charge in [-0.05, 0) is 26.0 Å². The normalized spacial score (nSPS) is 27.4. The van der Waals surface area contributed by atoms with Crippen molar-refractivity contribution < 1.29 is 31.8 Å². The third kappa shape index (κ3) is 2.99. The van der Waals surface area contributed by atoms with Crippen molar-refractivity contribution in [1.82, 2.24) is 14.5 Å². The highest BCUT2D eigenvalue weighted by molar-refractivity contribution is 5.57. The number of halogens is 5. The van der Waals surface area contributed by atoms with Crippen LogP contribution >= 0.6 is 0 Å². The van der Waals surface area contributed by atoms with Crippen LogP contribution < -0.4 is 0 Å². The molecule has 1 fully saturated rings.